The Morgan fingerprint density at radius 1 is 0.939 bits per heavy atom. The minimum Gasteiger partial charge on any atom is -0.375 e. The maximum atomic E-state index is 12.9. The Hall–Kier alpha value is -3.87. The second-order valence-corrected chi connectivity index (χ2v) is 8.38. The van der Waals surface area contributed by atoms with E-state index in [-0.39, 0.29) is 16.5 Å². The summed E-state index contributed by atoms with van der Waals surface area (Å²) in [5.41, 5.74) is 5.51. The number of nitrogens with one attached hydrogen (secondary N) is 1. The van der Waals surface area contributed by atoms with Gasteiger partial charge in [0.2, 0.25) is 0 Å². The van der Waals surface area contributed by atoms with Crippen LogP contribution in [0.5, 0.6) is 0 Å². The highest BCUT2D eigenvalue weighted by molar-refractivity contribution is 5.94. The van der Waals surface area contributed by atoms with Crippen LogP contribution in [0.4, 0.5) is 17.1 Å². The van der Waals surface area contributed by atoms with Crippen molar-refractivity contribution in [1.82, 2.24) is 4.90 Å². The quantitative estimate of drug-likeness (QED) is 0.437. The lowest BCUT2D eigenvalue weighted by molar-refractivity contribution is -0.384. The van der Waals surface area contributed by atoms with E-state index >= 15 is 0 Å². The highest BCUT2D eigenvalue weighted by atomic mass is 16.6. The van der Waals surface area contributed by atoms with Crippen LogP contribution in [-0.4, -0.2) is 41.9 Å². The van der Waals surface area contributed by atoms with Gasteiger partial charge in [0, 0.05) is 50.0 Å². The molecule has 3 aromatic carbocycles. The van der Waals surface area contributed by atoms with Crippen molar-refractivity contribution < 1.29 is 9.72 Å². The number of hydrogen-bond donors (Lipinski definition) is 1. The number of rotatable bonds is 6. The minimum atomic E-state index is -0.364. The zero-order valence-electron chi connectivity index (χ0n) is 19.0. The molecular weight excluding hydrogens is 416 g/mol. The molecule has 0 atom stereocenters. The van der Waals surface area contributed by atoms with E-state index in [1.807, 2.05) is 73.3 Å². The molecule has 170 valence electrons. The van der Waals surface area contributed by atoms with Gasteiger partial charge >= 0.3 is 0 Å². The van der Waals surface area contributed by atoms with Crippen molar-refractivity contribution >= 4 is 23.0 Å². The van der Waals surface area contributed by atoms with Crippen LogP contribution in [0.2, 0.25) is 0 Å². The number of nitro benzene ring substituents is 1. The van der Waals surface area contributed by atoms with E-state index in [1.54, 1.807) is 12.1 Å². The van der Waals surface area contributed by atoms with Gasteiger partial charge in [0.1, 0.15) is 5.69 Å². The number of amides is 1. The first kappa shape index (κ1) is 22.3. The molecular formula is C26H28N4O3. The third kappa shape index (κ3) is 5.14. The predicted molar refractivity (Wildman–Crippen MR) is 131 cm³/mol. The van der Waals surface area contributed by atoms with E-state index < -0.39 is 0 Å². The summed E-state index contributed by atoms with van der Waals surface area (Å²) < 4.78 is 0. The van der Waals surface area contributed by atoms with Gasteiger partial charge in [-0.3, -0.25) is 14.9 Å². The molecule has 3 aromatic rings. The first-order chi connectivity index (χ1) is 15.9. The summed E-state index contributed by atoms with van der Waals surface area (Å²) in [7, 11) is 0. The average molecular weight is 445 g/mol. The summed E-state index contributed by atoms with van der Waals surface area (Å²) in [5, 5.41) is 14.7. The van der Waals surface area contributed by atoms with Gasteiger partial charge in [0.25, 0.3) is 11.6 Å². The Bertz CT molecular complexity index is 1160. The molecule has 7 nitrogen and oxygen atoms in total. The first-order valence-corrected chi connectivity index (χ1v) is 11.1. The summed E-state index contributed by atoms with van der Waals surface area (Å²) in [5.74, 6) is 0.0478. The van der Waals surface area contributed by atoms with Gasteiger partial charge in [-0.05, 0) is 54.8 Å². The fourth-order valence-electron chi connectivity index (χ4n) is 4.04. The fraction of sp³-hybridized carbons (Fsp3) is 0.269. The van der Waals surface area contributed by atoms with Crippen molar-refractivity contribution in [2.75, 3.05) is 36.4 Å². The molecule has 4 rings (SSSR count). The zero-order valence-corrected chi connectivity index (χ0v) is 19.0. The monoisotopic (exact) mass is 444 g/mol. The van der Waals surface area contributed by atoms with Crippen molar-refractivity contribution in [2.45, 2.75) is 20.4 Å². The molecule has 0 radical (unpaired) electrons. The largest absolute Gasteiger partial charge is 0.375 e. The Labute approximate surface area is 193 Å². The third-order valence-corrected chi connectivity index (χ3v) is 6.19. The molecule has 0 unspecified atom stereocenters. The highest BCUT2D eigenvalue weighted by Crippen LogP contribution is 2.30. The molecule has 0 spiro atoms. The Balaban J connectivity index is 1.44. The van der Waals surface area contributed by atoms with Crippen LogP contribution >= 0.6 is 0 Å². The molecule has 1 heterocycles. The van der Waals surface area contributed by atoms with E-state index in [2.05, 4.69) is 10.2 Å². The van der Waals surface area contributed by atoms with Crippen molar-refractivity contribution in [3.05, 3.63) is 99.1 Å². The molecule has 1 aliphatic heterocycles. The Morgan fingerprint density at radius 3 is 2.33 bits per heavy atom. The standard InChI is InChI=1S/C26H28N4O3/c1-19-8-9-22(16-20(19)2)26(31)29-14-12-28(13-15-29)23-10-11-25(30(32)33)24(17-23)27-18-21-6-4-3-5-7-21/h3-11,16-17,27H,12-15,18H2,1-2H3. The van der Waals surface area contributed by atoms with E-state index in [0.717, 1.165) is 16.8 Å². The van der Waals surface area contributed by atoms with Gasteiger partial charge in [0.15, 0.2) is 0 Å². The predicted octanol–water partition coefficient (Wildman–Crippen LogP) is 4.79. The summed E-state index contributed by atoms with van der Waals surface area (Å²) in [6, 6.07) is 20.8. The lowest BCUT2D eigenvalue weighted by Crippen LogP contribution is -2.48. The molecule has 33 heavy (non-hydrogen) atoms. The van der Waals surface area contributed by atoms with Crippen LogP contribution in [0.3, 0.4) is 0 Å². The van der Waals surface area contributed by atoms with E-state index in [1.165, 1.54) is 5.56 Å². The maximum absolute atomic E-state index is 12.9. The van der Waals surface area contributed by atoms with Gasteiger partial charge in [-0.2, -0.15) is 0 Å². The molecule has 0 aromatic heterocycles. The molecule has 1 N–H and O–H groups in total. The van der Waals surface area contributed by atoms with Crippen LogP contribution < -0.4 is 10.2 Å². The molecule has 1 saturated heterocycles. The smallest absolute Gasteiger partial charge is 0.292 e. The van der Waals surface area contributed by atoms with Crippen LogP contribution in [0.15, 0.2) is 66.7 Å². The van der Waals surface area contributed by atoms with Crippen molar-refractivity contribution in [3.63, 3.8) is 0 Å². The number of aryl methyl sites for hydroxylation is 2. The van der Waals surface area contributed by atoms with Crippen LogP contribution in [0, 0.1) is 24.0 Å². The van der Waals surface area contributed by atoms with Crippen molar-refractivity contribution in [3.8, 4) is 0 Å². The summed E-state index contributed by atoms with van der Waals surface area (Å²) >= 11 is 0. The molecule has 1 aliphatic rings. The highest BCUT2D eigenvalue weighted by Gasteiger charge is 2.24. The molecule has 1 fully saturated rings. The minimum absolute atomic E-state index is 0.0478. The number of nitrogens with zero attached hydrogens (tertiary/aromatic N) is 3. The Morgan fingerprint density at radius 2 is 1.67 bits per heavy atom. The van der Waals surface area contributed by atoms with Crippen LogP contribution in [0.25, 0.3) is 0 Å². The summed E-state index contributed by atoms with van der Waals surface area (Å²) in [4.78, 5) is 28.1. The summed E-state index contributed by atoms with van der Waals surface area (Å²) in [6.45, 7) is 7.12. The van der Waals surface area contributed by atoms with Crippen molar-refractivity contribution in [1.29, 1.82) is 0 Å². The van der Waals surface area contributed by atoms with Gasteiger partial charge in [-0.15, -0.1) is 0 Å². The van der Waals surface area contributed by atoms with E-state index in [9.17, 15) is 14.9 Å². The molecule has 7 heteroatoms. The van der Waals surface area contributed by atoms with Crippen LogP contribution in [0.1, 0.15) is 27.0 Å². The van der Waals surface area contributed by atoms with E-state index in [0.29, 0.717) is 44.0 Å². The second-order valence-electron chi connectivity index (χ2n) is 8.38. The Kier molecular flexibility index (Phi) is 6.58. The van der Waals surface area contributed by atoms with Gasteiger partial charge in [0.05, 0.1) is 4.92 Å². The van der Waals surface area contributed by atoms with Gasteiger partial charge in [-0.25, -0.2) is 0 Å². The average Bonchev–Trinajstić information content (AvgIpc) is 2.84. The van der Waals surface area contributed by atoms with Crippen LogP contribution in [-0.2, 0) is 6.54 Å². The number of hydrogen-bond acceptors (Lipinski definition) is 5. The maximum Gasteiger partial charge on any atom is 0.292 e. The normalized spacial score (nSPS) is 13.6. The van der Waals surface area contributed by atoms with Gasteiger partial charge < -0.3 is 15.1 Å². The number of anilines is 2. The SMILES string of the molecule is Cc1ccc(C(=O)N2CCN(c3ccc([N+](=O)[O-])c(NCc4ccccc4)c3)CC2)cc1C. The lowest BCUT2D eigenvalue weighted by atomic mass is 10.1. The fourth-order valence-corrected chi connectivity index (χ4v) is 4.04. The third-order valence-electron chi connectivity index (χ3n) is 6.19. The van der Waals surface area contributed by atoms with Gasteiger partial charge in [-0.1, -0.05) is 36.4 Å². The number of piperazine rings is 1. The van der Waals surface area contributed by atoms with Crippen molar-refractivity contribution in [2.24, 2.45) is 0 Å². The molecule has 1 amide bonds. The molecule has 0 aliphatic carbocycles. The lowest BCUT2D eigenvalue weighted by Gasteiger charge is -2.36. The topological polar surface area (TPSA) is 78.7 Å². The summed E-state index contributed by atoms with van der Waals surface area (Å²) in [6.07, 6.45) is 0. The molecule has 0 saturated carbocycles. The van der Waals surface area contributed by atoms with E-state index in [4.69, 9.17) is 0 Å². The second kappa shape index (κ2) is 9.73. The number of carbonyl (C=O) groups excluding carboxylic acids is 1. The first-order valence-electron chi connectivity index (χ1n) is 11.1. The molecule has 0 bridgehead atoms. The zero-order chi connectivity index (χ0) is 23.4. The number of benzene rings is 3. The number of nitro groups is 1. The number of carbonyl (C=O) groups is 1.